The highest BCUT2D eigenvalue weighted by Crippen LogP contribution is 2.38. The minimum Gasteiger partial charge on any atom is -0.481 e. The highest BCUT2D eigenvalue weighted by Gasteiger charge is 2.34. The number of aromatic nitrogens is 1. The number of carboxylic acid groups (broad SMARTS) is 1. The van der Waals surface area contributed by atoms with Crippen molar-refractivity contribution in [3.63, 3.8) is 0 Å². The molecule has 1 aromatic heterocycles. The average Bonchev–Trinajstić information content (AvgIpc) is 3.46. The molecule has 2 aliphatic rings. The Morgan fingerprint density at radius 3 is 2.76 bits per heavy atom. The SMILES string of the molecule is CCOC(=O)C1=C(C)N=c2s/c(=C/c3ccc(OCC(=O)O)c(Br)c3)c(=O)n2[C@H]1c1ccc2c(c1)OCO2. The highest BCUT2D eigenvalue weighted by molar-refractivity contribution is 9.10. The molecule has 0 radical (unpaired) electrons. The van der Waals surface area contributed by atoms with Gasteiger partial charge in [0.2, 0.25) is 6.79 Å². The first kappa shape index (κ1) is 25.7. The number of aliphatic carboxylic acids is 1. The lowest BCUT2D eigenvalue weighted by atomic mass is 9.95. The summed E-state index contributed by atoms with van der Waals surface area (Å²) >= 11 is 4.58. The van der Waals surface area contributed by atoms with Crippen LogP contribution in [0.15, 0.2) is 61.9 Å². The molecule has 196 valence electrons. The monoisotopic (exact) mass is 600 g/mol. The molecule has 0 amide bonds. The summed E-state index contributed by atoms with van der Waals surface area (Å²) in [6.45, 7) is 3.23. The maximum Gasteiger partial charge on any atom is 0.341 e. The number of hydrogen-bond acceptors (Lipinski definition) is 9. The Hall–Kier alpha value is -3.90. The van der Waals surface area contributed by atoms with Gasteiger partial charge in [0.25, 0.3) is 5.56 Å². The molecule has 2 aliphatic heterocycles. The summed E-state index contributed by atoms with van der Waals surface area (Å²) in [6.07, 6.45) is 1.70. The Bertz CT molecular complexity index is 1670. The second kappa shape index (κ2) is 10.5. The molecule has 2 aromatic carbocycles. The van der Waals surface area contributed by atoms with Crippen LogP contribution in [0.5, 0.6) is 17.2 Å². The Labute approximate surface area is 228 Å². The molecule has 5 rings (SSSR count). The summed E-state index contributed by atoms with van der Waals surface area (Å²) in [5.74, 6) is -0.162. The zero-order chi connectivity index (χ0) is 27.0. The maximum atomic E-state index is 13.7. The van der Waals surface area contributed by atoms with E-state index in [-0.39, 0.29) is 24.5 Å². The zero-order valence-corrected chi connectivity index (χ0v) is 22.6. The van der Waals surface area contributed by atoms with Crippen LogP contribution >= 0.6 is 27.3 Å². The molecule has 38 heavy (non-hydrogen) atoms. The molecular formula is C26H21BrN2O8S. The second-order valence-electron chi connectivity index (χ2n) is 8.29. The van der Waals surface area contributed by atoms with Gasteiger partial charge in [-0.1, -0.05) is 23.5 Å². The first-order chi connectivity index (χ1) is 18.3. The van der Waals surface area contributed by atoms with Gasteiger partial charge in [-0.15, -0.1) is 0 Å². The molecule has 0 saturated carbocycles. The van der Waals surface area contributed by atoms with Gasteiger partial charge in [0, 0.05) is 0 Å². The minimum absolute atomic E-state index is 0.0941. The first-order valence-corrected chi connectivity index (χ1v) is 13.1. The molecule has 0 saturated heterocycles. The van der Waals surface area contributed by atoms with Gasteiger partial charge in [-0.3, -0.25) is 9.36 Å². The third-order valence-electron chi connectivity index (χ3n) is 5.83. The summed E-state index contributed by atoms with van der Waals surface area (Å²) in [7, 11) is 0. The van der Waals surface area contributed by atoms with Crippen LogP contribution in [0.1, 0.15) is 31.0 Å². The van der Waals surface area contributed by atoms with Crippen molar-refractivity contribution in [3.05, 3.63) is 83.0 Å². The molecule has 10 nitrogen and oxygen atoms in total. The number of hydrogen-bond donors (Lipinski definition) is 1. The fourth-order valence-corrected chi connectivity index (χ4v) is 5.76. The number of esters is 1. The lowest BCUT2D eigenvalue weighted by molar-refractivity contribution is -0.140. The molecule has 3 heterocycles. The van der Waals surface area contributed by atoms with E-state index in [2.05, 4.69) is 20.9 Å². The molecule has 1 N–H and O–H groups in total. The fourth-order valence-electron chi connectivity index (χ4n) is 4.20. The maximum absolute atomic E-state index is 13.7. The average molecular weight is 601 g/mol. The number of halogens is 1. The Morgan fingerprint density at radius 1 is 1.24 bits per heavy atom. The summed E-state index contributed by atoms with van der Waals surface area (Å²) in [6, 6.07) is 9.58. The standard InChI is InChI=1S/C26H21BrN2O8S/c1-3-34-25(33)22-13(2)28-26-29(23(22)15-5-7-18-19(10-15)37-12-36-18)24(32)20(38-26)9-14-4-6-17(16(27)8-14)35-11-21(30)31/h4-10,23H,3,11-12H2,1-2H3,(H,30,31)/b20-9+/t23-/m0/s1. The lowest BCUT2D eigenvalue weighted by Crippen LogP contribution is -2.39. The van der Waals surface area contributed by atoms with Gasteiger partial charge in [-0.25, -0.2) is 14.6 Å². The van der Waals surface area contributed by atoms with Crippen molar-refractivity contribution in [3.8, 4) is 17.2 Å². The van der Waals surface area contributed by atoms with Crippen molar-refractivity contribution in [2.45, 2.75) is 19.9 Å². The molecular weight excluding hydrogens is 580 g/mol. The topological polar surface area (TPSA) is 126 Å². The van der Waals surface area contributed by atoms with E-state index >= 15 is 0 Å². The van der Waals surface area contributed by atoms with Gasteiger partial charge in [0.15, 0.2) is 22.9 Å². The van der Waals surface area contributed by atoms with Crippen LogP contribution in [0.2, 0.25) is 0 Å². The smallest absolute Gasteiger partial charge is 0.341 e. The summed E-state index contributed by atoms with van der Waals surface area (Å²) < 4.78 is 24.0. The van der Waals surface area contributed by atoms with Crippen LogP contribution in [0.4, 0.5) is 0 Å². The van der Waals surface area contributed by atoms with Crippen LogP contribution in [0.25, 0.3) is 6.08 Å². The quantitative estimate of drug-likeness (QED) is 0.410. The normalized spacial score (nSPS) is 16.2. The predicted molar refractivity (Wildman–Crippen MR) is 140 cm³/mol. The molecule has 0 spiro atoms. The van der Waals surface area contributed by atoms with E-state index in [9.17, 15) is 14.4 Å². The largest absolute Gasteiger partial charge is 0.481 e. The molecule has 0 fully saturated rings. The van der Waals surface area contributed by atoms with Crippen LogP contribution in [-0.4, -0.2) is 41.6 Å². The molecule has 3 aromatic rings. The summed E-state index contributed by atoms with van der Waals surface area (Å²) in [4.78, 5) is 42.6. The van der Waals surface area contributed by atoms with E-state index in [1.807, 2.05) is 0 Å². The number of thiazole rings is 1. The number of benzene rings is 2. The van der Waals surface area contributed by atoms with Crippen molar-refractivity contribution < 1.29 is 33.6 Å². The van der Waals surface area contributed by atoms with Gasteiger partial charge < -0.3 is 24.1 Å². The minimum atomic E-state index is -1.09. The summed E-state index contributed by atoms with van der Waals surface area (Å²) in [5, 5.41) is 8.84. The zero-order valence-electron chi connectivity index (χ0n) is 20.2. The van der Waals surface area contributed by atoms with Crippen molar-refractivity contribution in [2.24, 2.45) is 4.99 Å². The number of allylic oxidation sites excluding steroid dienone is 1. The van der Waals surface area contributed by atoms with Crippen LogP contribution in [-0.2, 0) is 14.3 Å². The molecule has 12 heteroatoms. The molecule has 1 atom stereocenters. The predicted octanol–water partition coefficient (Wildman–Crippen LogP) is 2.75. The van der Waals surface area contributed by atoms with Gasteiger partial charge in [-0.05, 0) is 71.2 Å². The molecule has 0 aliphatic carbocycles. The number of rotatable bonds is 7. The van der Waals surface area contributed by atoms with E-state index in [4.69, 9.17) is 24.1 Å². The second-order valence-corrected chi connectivity index (χ2v) is 10.2. The molecule has 0 bridgehead atoms. The van der Waals surface area contributed by atoms with Gasteiger partial charge >= 0.3 is 11.9 Å². The van der Waals surface area contributed by atoms with Crippen molar-refractivity contribution in [1.29, 1.82) is 0 Å². The van der Waals surface area contributed by atoms with Crippen LogP contribution < -0.4 is 29.1 Å². The van der Waals surface area contributed by atoms with Crippen molar-refractivity contribution in [2.75, 3.05) is 20.0 Å². The number of ether oxygens (including phenoxy) is 4. The molecule has 0 unspecified atom stereocenters. The van der Waals surface area contributed by atoms with E-state index in [0.29, 0.717) is 47.9 Å². The van der Waals surface area contributed by atoms with E-state index < -0.39 is 24.6 Å². The summed E-state index contributed by atoms with van der Waals surface area (Å²) in [5.41, 5.74) is 1.75. The Balaban J connectivity index is 1.62. The number of carboxylic acids is 1. The highest BCUT2D eigenvalue weighted by atomic mass is 79.9. The van der Waals surface area contributed by atoms with E-state index in [0.717, 1.165) is 0 Å². The van der Waals surface area contributed by atoms with Gasteiger partial charge in [0.05, 0.1) is 32.9 Å². The first-order valence-electron chi connectivity index (χ1n) is 11.5. The third-order valence-corrected chi connectivity index (χ3v) is 7.44. The number of carbonyl (C=O) groups is 2. The van der Waals surface area contributed by atoms with E-state index in [1.165, 1.54) is 15.9 Å². The van der Waals surface area contributed by atoms with Gasteiger partial charge in [-0.2, -0.15) is 0 Å². The van der Waals surface area contributed by atoms with Crippen molar-refractivity contribution >= 4 is 45.3 Å². The van der Waals surface area contributed by atoms with E-state index in [1.54, 1.807) is 56.3 Å². The number of fused-ring (bicyclic) bond motifs is 2. The third kappa shape index (κ3) is 4.84. The lowest BCUT2D eigenvalue weighted by Gasteiger charge is -2.24. The van der Waals surface area contributed by atoms with Crippen molar-refractivity contribution in [1.82, 2.24) is 4.57 Å². The van der Waals surface area contributed by atoms with Crippen LogP contribution in [0, 0.1) is 0 Å². The fraction of sp³-hybridized carbons (Fsp3) is 0.231. The Morgan fingerprint density at radius 2 is 2.03 bits per heavy atom. The van der Waals surface area contributed by atoms with Gasteiger partial charge in [0.1, 0.15) is 5.75 Å². The number of carbonyl (C=O) groups excluding carboxylic acids is 1. The Kier molecular flexibility index (Phi) is 7.09. The number of nitrogens with zero attached hydrogens (tertiary/aromatic N) is 2. The van der Waals surface area contributed by atoms with Crippen LogP contribution in [0.3, 0.4) is 0 Å².